The zero-order valence-corrected chi connectivity index (χ0v) is 18.0. The minimum atomic E-state index is -3.94. The normalized spacial score (nSPS) is 10.9. The summed E-state index contributed by atoms with van der Waals surface area (Å²) in [7, 11) is -3.94. The van der Waals surface area contributed by atoms with Crippen LogP contribution in [0.3, 0.4) is 0 Å². The van der Waals surface area contributed by atoms with Crippen molar-refractivity contribution in [1.82, 2.24) is 0 Å². The van der Waals surface area contributed by atoms with Crippen molar-refractivity contribution in [2.45, 2.75) is 11.8 Å². The molecule has 0 aliphatic carbocycles. The highest BCUT2D eigenvalue weighted by molar-refractivity contribution is 7.92. The molecule has 0 spiro atoms. The summed E-state index contributed by atoms with van der Waals surface area (Å²) in [5.41, 5.74) is 1.81. The molecule has 31 heavy (non-hydrogen) atoms. The largest absolute Gasteiger partial charge is 0.489 e. The molecular formula is C24H24N2O4S. The number of rotatable bonds is 9. The van der Waals surface area contributed by atoms with Gasteiger partial charge in [-0.05, 0) is 48.9 Å². The summed E-state index contributed by atoms with van der Waals surface area (Å²) in [6.45, 7) is 5.44. The number of nitrogens with zero attached hydrogens (tertiary/aromatic N) is 1. The van der Waals surface area contributed by atoms with E-state index in [1.165, 1.54) is 12.1 Å². The van der Waals surface area contributed by atoms with Crippen LogP contribution in [0.1, 0.15) is 5.56 Å². The second-order valence-corrected chi connectivity index (χ2v) is 8.70. The van der Waals surface area contributed by atoms with E-state index in [9.17, 15) is 13.2 Å². The maximum atomic E-state index is 13.3. The van der Waals surface area contributed by atoms with Crippen molar-refractivity contribution >= 4 is 27.3 Å². The molecule has 0 heterocycles. The smallest absolute Gasteiger partial charge is 0.264 e. The minimum Gasteiger partial charge on any atom is -0.489 e. The van der Waals surface area contributed by atoms with Gasteiger partial charge in [-0.25, -0.2) is 8.42 Å². The lowest BCUT2D eigenvalue weighted by atomic mass is 10.2. The van der Waals surface area contributed by atoms with E-state index in [1.807, 2.05) is 13.0 Å². The number of nitrogens with one attached hydrogen (secondary N) is 1. The molecule has 0 atom stereocenters. The molecule has 0 aliphatic rings. The number of carbonyl (C=O) groups excluding carboxylic acids is 1. The lowest BCUT2D eigenvalue weighted by Gasteiger charge is -2.24. The van der Waals surface area contributed by atoms with E-state index >= 15 is 0 Å². The topological polar surface area (TPSA) is 75.7 Å². The van der Waals surface area contributed by atoms with E-state index in [0.29, 0.717) is 23.7 Å². The average Bonchev–Trinajstić information content (AvgIpc) is 2.77. The Kier molecular flexibility index (Phi) is 7.10. The second-order valence-electron chi connectivity index (χ2n) is 6.84. The first-order valence-corrected chi connectivity index (χ1v) is 11.1. The predicted octanol–water partition coefficient (Wildman–Crippen LogP) is 4.39. The Hall–Kier alpha value is -3.58. The first-order chi connectivity index (χ1) is 14.9. The quantitative estimate of drug-likeness (QED) is 0.505. The van der Waals surface area contributed by atoms with Crippen molar-refractivity contribution in [3.05, 3.63) is 97.1 Å². The highest BCUT2D eigenvalue weighted by Gasteiger charge is 2.27. The van der Waals surface area contributed by atoms with Gasteiger partial charge in [-0.3, -0.25) is 9.10 Å². The third-order valence-electron chi connectivity index (χ3n) is 4.39. The Morgan fingerprint density at radius 1 is 1.03 bits per heavy atom. The zero-order valence-electron chi connectivity index (χ0n) is 17.2. The summed E-state index contributed by atoms with van der Waals surface area (Å²) < 4.78 is 33.2. The molecule has 0 bridgehead atoms. The SMILES string of the molecule is C=CCOc1cccc(NC(=O)CN(c2cccc(C)c2)S(=O)(=O)c2ccccc2)c1. The lowest BCUT2D eigenvalue weighted by Crippen LogP contribution is -2.38. The second kappa shape index (κ2) is 9.95. The number of anilines is 2. The van der Waals surface area contributed by atoms with Crippen LogP contribution in [0.4, 0.5) is 11.4 Å². The van der Waals surface area contributed by atoms with Gasteiger partial charge in [0.15, 0.2) is 0 Å². The van der Waals surface area contributed by atoms with Crippen molar-refractivity contribution in [3.63, 3.8) is 0 Å². The van der Waals surface area contributed by atoms with Crippen LogP contribution < -0.4 is 14.4 Å². The van der Waals surface area contributed by atoms with Gasteiger partial charge >= 0.3 is 0 Å². The number of amides is 1. The van der Waals surface area contributed by atoms with Gasteiger partial charge in [-0.15, -0.1) is 0 Å². The molecular weight excluding hydrogens is 412 g/mol. The molecule has 0 fully saturated rings. The van der Waals surface area contributed by atoms with E-state index in [0.717, 1.165) is 9.87 Å². The first kappa shape index (κ1) is 22.1. The summed E-state index contributed by atoms with van der Waals surface area (Å²) in [5, 5.41) is 2.75. The van der Waals surface area contributed by atoms with Crippen molar-refractivity contribution in [2.24, 2.45) is 0 Å². The van der Waals surface area contributed by atoms with Gasteiger partial charge in [0, 0.05) is 11.8 Å². The van der Waals surface area contributed by atoms with Crippen LogP contribution in [-0.4, -0.2) is 27.5 Å². The molecule has 7 heteroatoms. The molecule has 0 aromatic heterocycles. The molecule has 0 saturated heterocycles. The van der Waals surface area contributed by atoms with Crippen molar-refractivity contribution in [2.75, 3.05) is 22.8 Å². The number of hydrogen-bond donors (Lipinski definition) is 1. The van der Waals surface area contributed by atoms with Gasteiger partial charge in [-0.2, -0.15) is 0 Å². The van der Waals surface area contributed by atoms with Crippen molar-refractivity contribution in [3.8, 4) is 5.75 Å². The molecule has 3 aromatic carbocycles. The van der Waals surface area contributed by atoms with Crippen LogP contribution >= 0.6 is 0 Å². The first-order valence-electron chi connectivity index (χ1n) is 9.68. The molecule has 1 amide bonds. The molecule has 3 aromatic rings. The van der Waals surface area contributed by atoms with Crippen LogP contribution in [0.25, 0.3) is 0 Å². The summed E-state index contributed by atoms with van der Waals surface area (Å²) in [6, 6.07) is 22.0. The molecule has 6 nitrogen and oxygen atoms in total. The Morgan fingerprint density at radius 3 is 2.48 bits per heavy atom. The van der Waals surface area contributed by atoms with Gasteiger partial charge in [-0.1, -0.05) is 49.1 Å². The number of sulfonamides is 1. The van der Waals surface area contributed by atoms with Crippen LogP contribution in [-0.2, 0) is 14.8 Å². The summed E-state index contributed by atoms with van der Waals surface area (Å²) in [5.74, 6) is 0.104. The molecule has 0 aliphatic heterocycles. The molecule has 0 radical (unpaired) electrons. The Bertz CT molecular complexity index is 1160. The van der Waals surface area contributed by atoms with E-state index in [4.69, 9.17) is 4.74 Å². The Morgan fingerprint density at radius 2 is 1.77 bits per heavy atom. The van der Waals surface area contributed by atoms with Gasteiger partial charge < -0.3 is 10.1 Å². The fraction of sp³-hybridized carbons (Fsp3) is 0.125. The molecule has 0 saturated carbocycles. The summed E-state index contributed by atoms with van der Waals surface area (Å²) in [4.78, 5) is 12.9. The lowest BCUT2D eigenvalue weighted by molar-refractivity contribution is -0.114. The van der Waals surface area contributed by atoms with Gasteiger partial charge in [0.1, 0.15) is 18.9 Å². The standard InChI is InChI=1S/C24H24N2O4S/c1-3-15-30-22-12-8-10-20(17-22)25-24(27)18-26(21-11-7-9-19(2)16-21)31(28,29)23-13-5-4-6-14-23/h3-14,16-17H,1,15,18H2,2H3,(H,25,27). The van der Waals surface area contributed by atoms with E-state index in [2.05, 4.69) is 11.9 Å². The third-order valence-corrected chi connectivity index (χ3v) is 6.18. The number of carbonyl (C=O) groups is 1. The van der Waals surface area contributed by atoms with Gasteiger partial charge in [0.2, 0.25) is 5.91 Å². The highest BCUT2D eigenvalue weighted by atomic mass is 32.2. The van der Waals surface area contributed by atoms with Crippen LogP contribution in [0.2, 0.25) is 0 Å². The molecule has 1 N–H and O–H groups in total. The number of aryl methyl sites for hydroxylation is 1. The van der Waals surface area contributed by atoms with Gasteiger partial charge in [0.05, 0.1) is 10.6 Å². The average molecular weight is 437 g/mol. The monoisotopic (exact) mass is 436 g/mol. The summed E-state index contributed by atoms with van der Waals surface area (Å²) >= 11 is 0. The molecule has 3 rings (SSSR count). The van der Waals surface area contributed by atoms with Crippen LogP contribution in [0, 0.1) is 6.92 Å². The van der Waals surface area contributed by atoms with Crippen LogP contribution in [0.15, 0.2) is 96.4 Å². The predicted molar refractivity (Wildman–Crippen MR) is 123 cm³/mol. The highest BCUT2D eigenvalue weighted by Crippen LogP contribution is 2.25. The number of ether oxygens (including phenoxy) is 1. The fourth-order valence-corrected chi connectivity index (χ4v) is 4.40. The van der Waals surface area contributed by atoms with E-state index in [1.54, 1.807) is 66.7 Å². The van der Waals surface area contributed by atoms with E-state index in [-0.39, 0.29) is 11.4 Å². The van der Waals surface area contributed by atoms with Gasteiger partial charge in [0.25, 0.3) is 10.0 Å². The zero-order chi connectivity index (χ0) is 22.3. The fourth-order valence-electron chi connectivity index (χ4n) is 2.97. The molecule has 0 unspecified atom stereocenters. The van der Waals surface area contributed by atoms with Crippen LogP contribution in [0.5, 0.6) is 5.75 Å². The number of hydrogen-bond acceptors (Lipinski definition) is 4. The molecule has 160 valence electrons. The maximum absolute atomic E-state index is 13.3. The van der Waals surface area contributed by atoms with E-state index < -0.39 is 15.9 Å². The third kappa shape index (κ3) is 5.73. The minimum absolute atomic E-state index is 0.115. The number of benzene rings is 3. The Labute approximate surface area is 182 Å². The maximum Gasteiger partial charge on any atom is 0.264 e. The van der Waals surface area contributed by atoms with Crippen molar-refractivity contribution < 1.29 is 17.9 Å². The van der Waals surface area contributed by atoms with Crippen molar-refractivity contribution in [1.29, 1.82) is 0 Å². The Balaban J connectivity index is 1.87. The summed E-state index contributed by atoms with van der Waals surface area (Å²) in [6.07, 6.45) is 1.62.